The molecule has 7 fully saturated rings. The van der Waals surface area contributed by atoms with E-state index in [1.54, 1.807) is 19.9 Å². The SMILES string of the molecule is CC(C)[C@H](NC(=O)[C@@H](N)CC1CCCCC1)C(=O)N1C=CC[C@H]1C(=O)N1CC(C(=O)[C@H](C)N)C(C(=O)[C@@H](N)CC2CCCCC2)(C(=O)[C@@H]2CCCN2C(=O)[C@@H]2CCCN2C(=O)[C@@H](N)CC2CCCCC2)[C@]1(C=O)C(=O)C(N)CC1CCCCC1. The molecule has 84 heavy (non-hydrogen) atoms. The number of carbonyl (C=O) groups excluding carboxylic acids is 10. The minimum absolute atomic E-state index is 0.00192. The number of carbonyl (C=O) groups is 10. The van der Waals surface area contributed by atoms with Crippen molar-refractivity contribution in [2.24, 2.45) is 69.6 Å². The van der Waals surface area contributed by atoms with Crippen molar-refractivity contribution < 1.29 is 47.9 Å². The van der Waals surface area contributed by atoms with E-state index >= 15 is 38.4 Å². The van der Waals surface area contributed by atoms with Crippen LogP contribution in [0.15, 0.2) is 12.3 Å². The predicted octanol–water partition coefficient (Wildman–Crippen LogP) is 4.42. The second kappa shape index (κ2) is 28.8. The molecule has 3 unspecified atom stereocenters. The quantitative estimate of drug-likeness (QED) is 0.0576. The molecule has 11 N–H and O–H groups in total. The van der Waals surface area contributed by atoms with Gasteiger partial charge >= 0.3 is 0 Å². The molecule has 0 bridgehead atoms. The first kappa shape index (κ1) is 65.2. The minimum Gasteiger partial charge on any atom is -0.343 e. The van der Waals surface area contributed by atoms with Crippen molar-refractivity contribution in [2.45, 2.75) is 267 Å². The molecule has 4 aliphatic heterocycles. The molecule has 468 valence electrons. The first-order valence-corrected chi connectivity index (χ1v) is 32.8. The van der Waals surface area contributed by atoms with Gasteiger partial charge in [0.1, 0.15) is 23.5 Å². The number of hydrogen-bond acceptors (Lipinski definition) is 15. The number of ketones is 4. The van der Waals surface area contributed by atoms with Gasteiger partial charge in [-0.2, -0.15) is 0 Å². The molecule has 0 radical (unpaired) electrons. The Kier molecular flexibility index (Phi) is 22.4. The summed E-state index contributed by atoms with van der Waals surface area (Å²) in [5, 5.41) is 2.87. The molecular weight excluding hydrogens is 1070 g/mol. The summed E-state index contributed by atoms with van der Waals surface area (Å²) in [7, 11) is 0. The highest BCUT2D eigenvalue weighted by atomic mass is 16.2. The fourth-order valence-electron chi connectivity index (χ4n) is 16.7. The van der Waals surface area contributed by atoms with Crippen molar-refractivity contribution >= 4 is 59.0 Å². The molecule has 8 rings (SSSR count). The zero-order valence-corrected chi connectivity index (χ0v) is 50.8. The number of nitrogens with one attached hydrogen (secondary N) is 1. The molecule has 20 nitrogen and oxygen atoms in total. The lowest BCUT2D eigenvalue weighted by Gasteiger charge is -2.48. The van der Waals surface area contributed by atoms with Crippen LogP contribution in [-0.2, 0) is 47.9 Å². The summed E-state index contributed by atoms with van der Waals surface area (Å²) in [6.07, 6.45) is 23.5. The third-order valence-corrected chi connectivity index (χ3v) is 21.3. The van der Waals surface area contributed by atoms with E-state index in [-0.39, 0.29) is 87.5 Å². The molecule has 0 aromatic heterocycles. The molecule has 8 aliphatic rings. The van der Waals surface area contributed by atoms with Crippen molar-refractivity contribution in [1.29, 1.82) is 0 Å². The molecule has 3 saturated heterocycles. The molecule has 20 heteroatoms. The van der Waals surface area contributed by atoms with Crippen LogP contribution in [0.2, 0.25) is 0 Å². The summed E-state index contributed by atoms with van der Waals surface area (Å²) in [6.45, 7) is 4.28. The number of likely N-dealkylation sites (tertiary alicyclic amines) is 3. The van der Waals surface area contributed by atoms with Crippen molar-refractivity contribution in [2.75, 3.05) is 19.6 Å². The van der Waals surface area contributed by atoms with Gasteiger partial charge in [0.2, 0.25) is 29.5 Å². The Morgan fingerprint density at radius 3 is 1.49 bits per heavy atom. The van der Waals surface area contributed by atoms with Crippen LogP contribution in [0, 0.1) is 40.9 Å². The molecule has 12 atom stereocenters. The van der Waals surface area contributed by atoms with E-state index in [4.69, 9.17) is 28.7 Å². The average Bonchev–Trinajstić information content (AvgIpc) is 1.51. The Morgan fingerprint density at radius 2 is 1.00 bits per heavy atom. The number of aldehydes is 1. The molecule has 0 aromatic rings. The van der Waals surface area contributed by atoms with E-state index in [1.807, 2.05) is 0 Å². The van der Waals surface area contributed by atoms with Crippen LogP contribution in [0.4, 0.5) is 0 Å². The topological polar surface area (TPSA) is 326 Å². The van der Waals surface area contributed by atoms with Gasteiger partial charge < -0.3 is 58.4 Å². The number of rotatable bonds is 24. The Morgan fingerprint density at radius 1 is 0.536 bits per heavy atom. The Bertz CT molecular complexity index is 2430. The Hall–Kier alpha value is -4.76. The summed E-state index contributed by atoms with van der Waals surface area (Å²) in [6, 6.07) is -11.5. The largest absolute Gasteiger partial charge is 0.343 e. The molecular formula is C64H102N10O10. The number of amides is 5. The number of hydrogen-bond donors (Lipinski definition) is 6. The van der Waals surface area contributed by atoms with E-state index in [0.717, 1.165) is 113 Å². The van der Waals surface area contributed by atoms with Gasteiger partial charge in [0.05, 0.1) is 42.2 Å². The van der Waals surface area contributed by atoms with Crippen LogP contribution < -0.4 is 34.0 Å². The van der Waals surface area contributed by atoms with Crippen LogP contribution >= 0.6 is 0 Å². The highest BCUT2D eigenvalue weighted by molar-refractivity contribution is 6.27. The van der Waals surface area contributed by atoms with Crippen LogP contribution in [0.25, 0.3) is 0 Å². The molecule has 0 spiro atoms. The predicted molar refractivity (Wildman–Crippen MR) is 317 cm³/mol. The van der Waals surface area contributed by atoms with Crippen molar-refractivity contribution in [3.8, 4) is 0 Å². The summed E-state index contributed by atoms with van der Waals surface area (Å²) in [5.41, 5.74) is 27.7. The fourth-order valence-corrected chi connectivity index (χ4v) is 16.7. The van der Waals surface area contributed by atoms with E-state index < -0.39 is 130 Å². The van der Waals surface area contributed by atoms with Crippen LogP contribution in [-0.4, -0.2) is 158 Å². The van der Waals surface area contributed by atoms with Crippen molar-refractivity contribution in [3.63, 3.8) is 0 Å². The van der Waals surface area contributed by atoms with Gasteiger partial charge in [0.25, 0.3) is 0 Å². The Balaban J connectivity index is 1.23. The third-order valence-electron chi connectivity index (χ3n) is 21.3. The lowest BCUT2D eigenvalue weighted by atomic mass is 9.54. The van der Waals surface area contributed by atoms with Crippen molar-refractivity contribution in [3.05, 3.63) is 12.3 Å². The van der Waals surface area contributed by atoms with Crippen LogP contribution in [0.5, 0.6) is 0 Å². The summed E-state index contributed by atoms with van der Waals surface area (Å²) >= 11 is 0. The maximum Gasteiger partial charge on any atom is 0.250 e. The van der Waals surface area contributed by atoms with E-state index in [9.17, 15) is 9.59 Å². The first-order chi connectivity index (χ1) is 40.2. The van der Waals surface area contributed by atoms with Crippen LogP contribution in [0.1, 0.15) is 207 Å². The zero-order chi connectivity index (χ0) is 60.6. The number of nitrogens with zero attached hydrogens (tertiary/aromatic N) is 4. The van der Waals surface area contributed by atoms with Gasteiger partial charge in [0, 0.05) is 25.8 Å². The molecule has 4 heterocycles. The summed E-state index contributed by atoms with van der Waals surface area (Å²) in [5.74, 6) is -9.46. The minimum atomic E-state index is -3.15. The smallest absolute Gasteiger partial charge is 0.250 e. The average molecular weight is 1170 g/mol. The lowest BCUT2D eigenvalue weighted by molar-refractivity contribution is -0.169. The van der Waals surface area contributed by atoms with Crippen molar-refractivity contribution in [1.82, 2.24) is 24.9 Å². The van der Waals surface area contributed by atoms with Gasteiger partial charge in [-0.05, 0) is 94.3 Å². The summed E-state index contributed by atoms with van der Waals surface area (Å²) in [4.78, 5) is 161. The molecule has 4 saturated carbocycles. The Labute approximate surface area is 498 Å². The van der Waals surface area contributed by atoms with Gasteiger partial charge in [0.15, 0.2) is 35.0 Å². The number of nitrogens with two attached hydrogens (primary N) is 5. The van der Waals surface area contributed by atoms with Gasteiger partial charge in [-0.15, -0.1) is 0 Å². The highest BCUT2D eigenvalue weighted by Crippen LogP contribution is 2.55. The molecule has 0 aromatic carbocycles. The third kappa shape index (κ3) is 13.4. The van der Waals surface area contributed by atoms with Gasteiger partial charge in [-0.1, -0.05) is 148 Å². The summed E-state index contributed by atoms with van der Waals surface area (Å²) < 4.78 is 0. The maximum atomic E-state index is 17.0. The van der Waals surface area contributed by atoms with E-state index in [0.29, 0.717) is 44.9 Å². The molecule has 5 amide bonds. The van der Waals surface area contributed by atoms with E-state index in [1.165, 1.54) is 22.9 Å². The second-order valence-electron chi connectivity index (χ2n) is 27.4. The van der Waals surface area contributed by atoms with Crippen LogP contribution in [0.3, 0.4) is 0 Å². The normalized spacial score (nSPS) is 29.8. The standard InChI is InChI=1S/C64H102N10O10/c1-39(2)53(70-58(80)48(68)35-43-23-12-6-13-24-43)62(84)73-32-18-29-52(73)61(83)74-37-45(54(76)40(3)65)64(56(78)47(67)34-42-21-10-5-11-22-42,63(74,38-75)55(77)46(66)33-41-19-8-4-9-20-41)57(79)50-27-16-30-71(50)60(82)51-28-17-31-72(51)59(81)49(69)36-44-25-14-7-15-26-44/h18,32,38-53H,4-17,19-31,33-37,65-69H2,1-3H3,(H,70,80)/t40-,45?,46?,47-,48-,49-,50-,51-,52-,53-,63-,64?/m0/s1. The number of Topliss-reactive ketones (excluding diaryl/α,β-unsaturated/α-hetero) is 4. The van der Waals surface area contributed by atoms with E-state index in [2.05, 4.69) is 5.32 Å². The maximum absolute atomic E-state index is 17.0. The monoisotopic (exact) mass is 1170 g/mol. The van der Waals surface area contributed by atoms with Gasteiger partial charge in [-0.3, -0.25) is 43.2 Å². The zero-order valence-electron chi connectivity index (χ0n) is 50.8. The lowest BCUT2D eigenvalue weighted by Crippen LogP contribution is -2.75. The fraction of sp³-hybridized carbons (Fsp3) is 0.812. The highest BCUT2D eigenvalue weighted by Gasteiger charge is 2.79. The second-order valence-corrected chi connectivity index (χ2v) is 27.4. The van der Waals surface area contributed by atoms with Gasteiger partial charge in [-0.25, -0.2) is 0 Å². The first-order valence-electron chi connectivity index (χ1n) is 32.8. The molecule has 4 aliphatic carbocycles.